The van der Waals surface area contributed by atoms with Crippen molar-refractivity contribution in [2.75, 3.05) is 45.7 Å². The number of carboxylic acid groups (broad SMARTS) is 1. The van der Waals surface area contributed by atoms with Crippen LogP contribution in [0.3, 0.4) is 0 Å². The van der Waals surface area contributed by atoms with Gasteiger partial charge in [0.25, 0.3) is 5.91 Å². The number of nitrogens with zero attached hydrogens (tertiary/aromatic N) is 2. The van der Waals surface area contributed by atoms with Gasteiger partial charge < -0.3 is 29.1 Å². The van der Waals surface area contributed by atoms with Crippen molar-refractivity contribution < 1.29 is 42.5 Å². The molecule has 3 aromatic rings. The van der Waals surface area contributed by atoms with E-state index in [9.17, 15) is 19.5 Å². The van der Waals surface area contributed by atoms with Crippen LogP contribution in [0.1, 0.15) is 54.4 Å². The summed E-state index contributed by atoms with van der Waals surface area (Å²) in [4.78, 5) is 43.5. The number of methoxy groups -OCH3 is 2. The average Bonchev–Trinajstić information content (AvgIpc) is 3.86. The number of carbonyl (C=O) groups excluding carboxylic acids is 2. The van der Waals surface area contributed by atoms with Gasteiger partial charge in [0.1, 0.15) is 17.7 Å². The second kappa shape index (κ2) is 14.6. The summed E-state index contributed by atoms with van der Waals surface area (Å²) in [6.45, 7) is 1.88. The van der Waals surface area contributed by atoms with Gasteiger partial charge in [-0.25, -0.2) is 4.39 Å². The largest absolute Gasteiger partial charge is 0.481 e. The highest BCUT2D eigenvalue weighted by atomic mass is 35.5. The summed E-state index contributed by atoms with van der Waals surface area (Å²) in [5.41, 5.74) is 0.937. The lowest BCUT2D eigenvalue weighted by atomic mass is 9.87. The van der Waals surface area contributed by atoms with Crippen LogP contribution in [0.5, 0.6) is 0 Å². The second-order valence-corrected chi connectivity index (χ2v) is 13.2. The maximum Gasteiger partial charge on any atom is 0.306 e. The third-order valence-electron chi connectivity index (χ3n) is 9.96. The second-order valence-electron chi connectivity index (χ2n) is 12.8. The molecule has 2 aromatic carbocycles. The molecule has 6 rings (SSSR count). The zero-order chi connectivity index (χ0) is 34.0. The number of ketones is 1. The first kappa shape index (κ1) is 34.5. The highest BCUT2D eigenvalue weighted by molar-refractivity contribution is 6.34. The Balaban J connectivity index is 1.29. The van der Waals surface area contributed by atoms with Crippen molar-refractivity contribution in [1.82, 2.24) is 9.80 Å². The first-order valence-electron chi connectivity index (χ1n) is 16.4. The van der Waals surface area contributed by atoms with Crippen molar-refractivity contribution in [3.63, 3.8) is 0 Å². The van der Waals surface area contributed by atoms with Gasteiger partial charge in [-0.2, -0.15) is 0 Å². The molecule has 258 valence electrons. The summed E-state index contributed by atoms with van der Waals surface area (Å²) >= 11 is 6.60. The van der Waals surface area contributed by atoms with E-state index in [1.54, 1.807) is 38.5 Å². The zero-order valence-electron chi connectivity index (χ0n) is 27.1. The number of rotatable bonds is 12. The maximum absolute atomic E-state index is 15.8. The number of benzene rings is 2. The SMILES string of the molecule is CO[C@H]1CN(C(OC2CCC(C(=O)O)CC2)(C(=O)Cc2cc(Cl)c(NC(=O)c3coc4ccccc34)cc2F)N2CCCC2)C[C@@H]1OC. The van der Waals surface area contributed by atoms with E-state index in [4.69, 9.17) is 30.2 Å². The predicted octanol–water partition coefficient (Wildman–Crippen LogP) is 5.34. The van der Waals surface area contributed by atoms with Crippen LogP contribution in [0.15, 0.2) is 47.1 Å². The standard InChI is InChI=1S/C35H41ClFN3O8/c1-45-30-18-40(19-31(30)46-2)35(39-13-5-6-14-39,48-23-11-9-21(10-12-23)34(43)44)32(41)16-22-15-26(36)28(17-27(22)37)38-33(42)25-20-47-29-8-4-3-7-24(25)29/h3-4,7-8,15,17,20-21,23,30-31H,5-6,9-14,16,18-19H2,1-2H3,(H,38,42)(H,43,44)/t21?,23?,30-,31-,35?/m0/s1. The summed E-state index contributed by atoms with van der Waals surface area (Å²) in [5.74, 6) is -4.43. The maximum atomic E-state index is 15.8. The van der Waals surface area contributed by atoms with Gasteiger partial charge in [-0.05, 0) is 62.3 Å². The number of hydrogen-bond acceptors (Lipinski definition) is 9. The first-order valence-corrected chi connectivity index (χ1v) is 16.8. The van der Waals surface area contributed by atoms with Gasteiger partial charge in [-0.15, -0.1) is 0 Å². The minimum atomic E-state index is -1.56. The van der Waals surface area contributed by atoms with Gasteiger partial charge >= 0.3 is 5.97 Å². The number of hydrogen-bond donors (Lipinski definition) is 2. The molecule has 2 saturated heterocycles. The Morgan fingerprint density at radius 1 is 1.02 bits per heavy atom. The molecule has 2 aliphatic heterocycles. The molecule has 1 aliphatic carbocycles. The number of likely N-dealkylation sites (tertiary alicyclic amines) is 2. The summed E-state index contributed by atoms with van der Waals surface area (Å²) in [6, 6.07) is 9.56. The van der Waals surface area contributed by atoms with Crippen LogP contribution < -0.4 is 5.32 Å². The first-order chi connectivity index (χ1) is 23.1. The molecule has 48 heavy (non-hydrogen) atoms. The quantitative estimate of drug-likeness (QED) is 0.258. The molecule has 0 bridgehead atoms. The van der Waals surface area contributed by atoms with Crippen molar-refractivity contribution >= 4 is 45.9 Å². The van der Waals surface area contributed by atoms with Crippen molar-refractivity contribution in [1.29, 1.82) is 0 Å². The number of amides is 1. The molecule has 1 saturated carbocycles. The van der Waals surface area contributed by atoms with E-state index in [1.165, 1.54) is 12.3 Å². The molecular weight excluding hydrogens is 645 g/mol. The fraction of sp³-hybridized carbons (Fsp3) is 0.514. The molecule has 0 radical (unpaired) electrons. The minimum Gasteiger partial charge on any atom is -0.481 e. The molecule has 1 aromatic heterocycles. The number of ether oxygens (including phenoxy) is 3. The minimum absolute atomic E-state index is 0.0586. The Kier molecular flexibility index (Phi) is 10.5. The van der Waals surface area contributed by atoms with E-state index in [1.807, 2.05) is 9.80 Å². The van der Waals surface area contributed by atoms with Crippen LogP contribution in [0.2, 0.25) is 5.02 Å². The van der Waals surface area contributed by atoms with Crippen molar-refractivity contribution in [2.45, 2.75) is 69.1 Å². The zero-order valence-corrected chi connectivity index (χ0v) is 27.8. The fourth-order valence-electron chi connectivity index (χ4n) is 7.34. The lowest BCUT2D eigenvalue weighted by Crippen LogP contribution is -2.67. The summed E-state index contributed by atoms with van der Waals surface area (Å²) in [7, 11) is 3.20. The van der Waals surface area contributed by atoms with E-state index in [0.717, 1.165) is 18.9 Å². The van der Waals surface area contributed by atoms with Crippen LogP contribution in [-0.2, 0) is 30.2 Å². The molecule has 3 atom stereocenters. The van der Waals surface area contributed by atoms with Gasteiger partial charge in [-0.1, -0.05) is 29.8 Å². The highest BCUT2D eigenvalue weighted by Gasteiger charge is 2.56. The molecule has 3 aliphatic rings. The average molecular weight is 686 g/mol. The Labute approximate surface area is 283 Å². The summed E-state index contributed by atoms with van der Waals surface area (Å²) in [5, 5.41) is 12.9. The van der Waals surface area contributed by atoms with Crippen LogP contribution in [0.25, 0.3) is 11.0 Å². The Hall–Kier alpha value is -3.39. The van der Waals surface area contributed by atoms with E-state index in [2.05, 4.69) is 5.32 Å². The van der Waals surface area contributed by atoms with E-state index in [-0.39, 0.29) is 52.4 Å². The number of aliphatic carboxylic acids is 1. The van der Waals surface area contributed by atoms with Crippen molar-refractivity contribution in [2.24, 2.45) is 5.92 Å². The van der Waals surface area contributed by atoms with Crippen molar-refractivity contribution in [3.05, 3.63) is 64.6 Å². The van der Waals surface area contributed by atoms with E-state index in [0.29, 0.717) is 62.8 Å². The van der Waals surface area contributed by atoms with Crippen molar-refractivity contribution in [3.8, 4) is 0 Å². The fourth-order valence-corrected chi connectivity index (χ4v) is 7.58. The number of nitrogens with one attached hydrogen (secondary N) is 1. The molecule has 11 nitrogen and oxygen atoms in total. The molecule has 0 spiro atoms. The monoisotopic (exact) mass is 685 g/mol. The number of carbonyl (C=O) groups is 3. The number of furan rings is 1. The Morgan fingerprint density at radius 3 is 2.33 bits per heavy atom. The third-order valence-corrected chi connectivity index (χ3v) is 10.3. The van der Waals surface area contributed by atoms with Crippen LogP contribution >= 0.6 is 11.6 Å². The molecule has 3 fully saturated rings. The lowest BCUT2D eigenvalue weighted by molar-refractivity contribution is -0.253. The number of fused-ring (bicyclic) bond motifs is 1. The number of anilines is 1. The van der Waals surface area contributed by atoms with Crippen LogP contribution in [-0.4, -0.2) is 97.1 Å². The predicted molar refractivity (Wildman–Crippen MR) is 175 cm³/mol. The van der Waals surface area contributed by atoms with Gasteiger partial charge in [0.2, 0.25) is 5.85 Å². The summed E-state index contributed by atoms with van der Waals surface area (Å²) < 4.78 is 39.7. The third kappa shape index (κ3) is 6.74. The normalized spacial score (nSPS) is 24.9. The smallest absolute Gasteiger partial charge is 0.306 e. The van der Waals surface area contributed by atoms with Gasteiger partial charge in [0.15, 0.2) is 5.78 Å². The molecular formula is C35H41ClFN3O8. The van der Waals surface area contributed by atoms with Gasteiger partial charge in [0.05, 0.1) is 40.5 Å². The van der Waals surface area contributed by atoms with Crippen LogP contribution in [0.4, 0.5) is 10.1 Å². The number of para-hydroxylation sites is 1. The molecule has 3 heterocycles. The molecule has 13 heteroatoms. The topological polar surface area (TPSA) is 131 Å². The van der Waals surface area contributed by atoms with Crippen LogP contribution in [0, 0.1) is 11.7 Å². The number of carboxylic acids is 1. The lowest BCUT2D eigenvalue weighted by Gasteiger charge is -2.48. The number of halogens is 2. The molecule has 1 unspecified atom stereocenters. The van der Waals surface area contributed by atoms with E-state index < -0.39 is 29.5 Å². The summed E-state index contributed by atoms with van der Waals surface area (Å²) in [6.07, 6.45) is 3.55. The van der Waals surface area contributed by atoms with E-state index >= 15 is 4.39 Å². The highest BCUT2D eigenvalue weighted by Crippen LogP contribution is 2.39. The molecule has 1 amide bonds. The van der Waals surface area contributed by atoms with Gasteiger partial charge in [-0.3, -0.25) is 24.2 Å². The Bertz CT molecular complexity index is 1640. The van der Waals surface area contributed by atoms with Gasteiger partial charge in [0, 0.05) is 52.2 Å². The number of Topliss-reactive ketones (excluding diaryl/α,β-unsaturated/α-hetero) is 1. The Morgan fingerprint density at radius 2 is 1.69 bits per heavy atom. The molecule has 2 N–H and O–H groups in total.